The van der Waals surface area contributed by atoms with Crippen LogP contribution < -0.4 is 0 Å². The molecule has 88 valence electrons. The van der Waals surface area contributed by atoms with Gasteiger partial charge in [0.2, 0.25) is 0 Å². The lowest BCUT2D eigenvalue weighted by atomic mass is 10.2. The minimum absolute atomic E-state index is 0.297. The van der Waals surface area contributed by atoms with Gasteiger partial charge in [0, 0.05) is 12.2 Å². The van der Waals surface area contributed by atoms with Gasteiger partial charge in [-0.15, -0.1) is 6.58 Å². The molecule has 1 rings (SSSR count). The number of nitrogens with zero attached hydrogens (tertiary/aromatic N) is 2. The van der Waals surface area contributed by atoms with E-state index >= 15 is 0 Å². The van der Waals surface area contributed by atoms with Crippen molar-refractivity contribution >= 4 is 5.97 Å². The first kappa shape index (κ1) is 12.5. The van der Waals surface area contributed by atoms with Gasteiger partial charge in [-0.3, -0.25) is 4.68 Å². The van der Waals surface area contributed by atoms with Crippen LogP contribution in [0.5, 0.6) is 0 Å². The van der Waals surface area contributed by atoms with Crippen LogP contribution in [0.4, 0.5) is 0 Å². The topological polar surface area (TPSA) is 55.1 Å². The molecule has 0 saturated carbocycles. The van der Waals surface area contributed by atoms with Crippen molar-refractivity contribution in [1.82, 2.24) is 9.78 Å². The van der Waals surface area contributed by atoms with Crippen LogP contribution >= 0.6 is 0 Å². The summed E-state index contributed by atoms with van der Waals surface area (Å²) >= 11 is 0. The molecule has 0 unspecified atom stereocenters. The minimum Gasteiger partial charge on any atom is -0.478 e. The summed E-state index contributed by atoms with van der Waals surface area (Å²) in [6, 6.07) is 0. The maximum Gasteiger partial charge on any atom is 0.339 e. The Hall–Kier alpha value is -1.58. The second-order valence-corrected chi connectivity index (χ2v) is 3.81. The summed E-state index contributed by atoms with van der Waals surface area (Å²) in [7, 11) is 0. The highest BCUT2D eigenvalue weighted by molar-refractivity contribution is 5.88. The van der Waals surface area contributed by atoms with Crippen LogP contribution in [0.1, 0.15) is 41.7 Å². The molecule has 0 aromatic carbocycles. The maximum absolute atomic E-state index is 10.8. The number of carboxylic acids is 1. The quantitative estimate of drug-likeness (QED) is 0.570. The van der Waals surface area contributed by atoms with Crippen LogP contribution in [-0.2, 0) is 6.54 Å². The first-order chi connectivity index (χ1) is 7.66. The molecule has 0 aliphatic heterocycles. The highest BCUT2D eigenvalue weighted by Gasteiger charge is 2.11. The largest absolute Gasteiger partial charge is 0.478 e. The van der Waals surface area contributed by atoms with E-state index in [1.54, 1.807) is 11.6 Å². The first-order valence-corrected chi connectivity index (χ1v) is 5.53. The average molecular weight is 222 g/mol. The number of allylic oxidation sites excluding steroid dienone is 1. The molecule has 0 atom stereocenters. The van der Waals surface area contributed by atoms with Gasteiger partial charge in [0.05, 0.1) is 6.20 Å². The number of aryl methyl sites for hydroxylation is 1. The number of rotatable bonds is 7. The number of aromatic nitrogens is 2. The van der Waals surface area contributed by atoms with Gasteiger partial charge in [-0.1, -0.05) is 12.5 Å². The van der Waals surface area contributed by atoms with Gasteiger partial charge >= 0.3 is 5.97 Å². The zero-order chi connectivity index (χ0) is 12.0. The molecular weight excluding hydrogens is 204 g/mol. The fraction of sp³-hybridized carbons (Fsp3) is 0.500. The van der Waals surface area contributed by atoms with Gasteiger partial charge in [-0.2, -0.15) is 5.10 Å². The van der Waals surface area contributed by atoms with Crippen molar-refractivity contribution in [3.63, 3.8) is 0 Å². The minimum atomic E-state index is -0.907. The van der Waals surface area contributed by atoms with Gasteiger partial charge in [0.1, 0.15) is 5.56 Å². The predicted molar refractivity (Wildman–Crippen MR) is 62.6 cm³/mol. The van der Waals surface area contributed by atoms with E-state index < -0.39 is 5.97 Å². The number of hydrogen-bond acceptors (Lipinski definition) is 2. The molecule has 0 saturated heterocycles. The van der Waals surface area contributed by atoms with Gasteiger partial charge in [-0.05, 0) is 26.2 Å². The fourth-order valence-electron chi connectivity index (χ4n) is 1.61. The molecule has 1 aromatic heterocycles. The second kappa shape index (κ2) is 6.10. The lowest BCUT2D eigenvalue weighted by molar-refractivity contribution is 0.0696. The van der Waals surface area contributed by atoms with E-state index in [0.29, 0.717) is 5.56 Å². The monoisotopic (exact) mass is 222 g/mol. The number of aromatic carboxylic acids is 1. The van der Waals surface area contributed by atoms with Crippen molar-refractivity contribution in [3.05, 3.63) is 30.1 Å². The third kappa shape index (κ3) is 3.22. The van der Waals surface area contributed by atoms with E-state index in [4.69, 9.17) is 5.11 Å². The molecule has 0 amide bonds. The summed E-state index contributed by atoms with van der Waals surface area (Å²) < 4.78 is 1.76. The van der Waals surface area contributed by atoms with Crippen LogP contribution in [0.3, 0.4) is 0 Å². The molecule has 1 heterocycles. The molecular formula is C12H18N2O2. The number of hydrogen-bond donors (Lipinski definition) is 1. The summed E-state index contributed by atoms with van der Waals surface area (Å²) in [5, 5.41) is 12.9. The van der Waals surface area contributed by atoms with Crippen LogP contribution in [0.15, 0.2) is 18.9 Å². The smallest absolute Gasteiger partial charge is 0.339 e. The first-order valence-electron chi connectivity index (χ1n) is 5.53. The van der Waals surface area contributed by atoms with E-state index in [9.17, 15) is 4.79 Å². The molecule has 1 aromatic rings. The molecule has 0 aliphatic rings. The molecule has 0 radical (unpaired) electrons. The highest BCUT2D eigenvalue weighted by Crippen LogP contribution is 2.09. The summed E-state index contributed by atoms with van der Waals surface area (Å²) in [5.74, 6) is -0.907. The van der Waals surface area contributed by atoms with Crippen molar-refractivity contribution in [3.8, 4) is 0 Å². The SMILES string of the molecule is C=CCCCCCn1ncc(C(=O)O)c1C. The van der Waals surface area contributed by atoms with Crippen LogP contribution in [-0.4, -0.2) is 20.9 Å². The zero-order valence-electron chi connectivity index (χ0n) is 9.65. The molecule has 0 aliphatic carbocycles. The fourth-order valence-corrected chi connectivity index (χ4v) is 1.61. The third-order valence-electron chi connectivity index (χ3n) is 2.61. The van der Waals surface area contributed by atoms with Gasteiger partial charge in [0.25, 0.3) is 0 Å². The Morgan fingerprint density at radius 1 is 1.56 bits per heavy atom. The Balaban J connectivity index is 2.42. The van der Waals surface area contributed by atoms with E-state index in [0.717, 1.165) is 37.9 Å². The van der Waals surface area contributed by atoms with Crippen molar-refractivity contribution in [1.29, 1.82) is 0 Å². The van der Waals surface area contributed by atoms with Crippen molar-refractivity contribution in [2.24, 2.45) is 0 Å². The Kier molecular flexibility index (Phi) is 4.76. The Morgan fingerprint density at radius 3 is 2.88 bits per heavy atom. The van der Waals surface area contributed by atoms with E-state index in [-0.39, 0.29) is 0 Å². The molecule has 0 spiro atoms. The third-order valence-corrected chi connectivity index (χ3v) is 2.61. The normalized spacial score (nSPS) is 10.3. The molecule has 4 heteroatoms. The second-order valence-electron chi connectivity index (χ2n) is 3.81. The average Bonchev–Trinajstić information content (AvgIpc) is 2.60. The van der Waals surface area contributed by atoms with Crippen molar-refractivity contribution < 1.29 is 9.90 Å². The Bertz CT molecular complexity index is 369. The Labute approximate surface area is 95.6 Å². The molecule has 0 bridgehead atoms. The number of unbranched alkanes of at least 4 members (excludes halogenated alkanes) is 3. The van der Waals surface area contributed by atoms with Gasteiger partial charge < -0.3 is 5.11 Å². The number of carbonyl (C=O) groups is 1. The van der Waals surface area contributed by atoms with E-state index in [1.807, 2.05) is 6.08 Å². The number of carboxylic acid groups (broad SMARTS) is 1. The molecule has 0 fully saturated rings. The van der Waals surface area contributed by atoms with Crippen molar-refractivity contribution in [2.45, 2.75) is 39.2 Å². The van der Waals surface area contributed by atoms with Crippen LogP contribution in [0, 0.1) is 6.92 Å². The molecule has 1 N–H and O–H groups in total. The maximum atomic E-state index is 10.8. The van der Waals surface area contributed by atoms with E-state index in [2.05, 4.69) is 11.7 Å². The lowest BCUT2D eigenvalue weighted by Crippen LogP contribution is -2.04. The standard InChI is InChI=1S/C12H18N2O2/c1-3-4-5-6-7-8-14-10(2)11(9-13-14)12(15)16/h3,9H,1,4-8H2,2H3,(H,15,16). The van der Waals surface area contributed by atoms with Crippen LogP contribution in [0.25, 0.3) is 0 Å². The molecule has 16 heavy (non-hydrogen) atoms. The predicted octanol–water partition coefficient (Wildman–Crippen LogP) is 2.64. The molecule has 4 nitrogen and oxygen atoms in total. The lowest BCUT2D eigenvalue weighted by Gasteiger charge is -2.04. The zero-order valence-corrected chi connectivity index (χ0v) is 9.65. The van der Waals surface area contributed by atoms with E-state index in [1.165, 1.54) is 6.20 Å². The van der Waals surface area contributed by atoms with Crippen molar-refractivity contribution in [2.75, 3.05) is 0 Å². The van der Waals surface area contributed by atoms with Gasteiger partial charge in [-0.25, -0.2) is 4.79 Å². The van der Waals surface area contributed by atoms with Gasteiger partial charge in [0.15, 0.2) is 0 Å². The summed E-state index contributed by atoms with van der Waals surface area (Å²) in [4.78, 5) is 10.8. The summed E-state index contributed by atoms with van der Waals surface area (Å²) in [6.07, 6.45) is 7.65. The Morgan fingerprint density at radius 2 is 2.31 bits per heavy atom. The summed E-state index contributed by atoms with van der Waals surface area (Å²) in [5.41, 5.74) is 1.03. The summed E-state index contributed by atoms with van der Waals surface area (Å²) in [6.45, 7) is 6.25. The highest BCUT2D eigenvalue weighted by atomic mass is 16.4. The van der Waals surface area contributed by atoms with Crippen LogP contribution in [0.2, 0.25) is 0 Å².